The summed E-state index contributed by atoms with van der Waals surface area (Å²) in [5.74, 6) is -0.394. The number of rotatable bonds is 6. The number of aliphatic hydroxyl groups is 1. The molecule has 1 N–H and O–H groups in total. The van der Waals surface area contributed by atoms with Gasteiger partial charge in [0.05, 0.1) is 32.1 Å². The van der Waals surface area contributed by atoms with Gasteiger partial charge in [-0.2, -0.15) is 0 Å². The maximum absolute atomic E-state index is 12.8. The van der Waals surface area contributed by atoms with E-state index >= 15 is 0 Å². The molecule has 7 heteroatoms. The molecule has 2 heterocycles. The molecule has 0 fully saturated rings. The molecule has 140 valence electrons. The number of carbonyl (C=O) groups excluding carboxylic acids is 2. The first-order valence-electron chi connectivity index (χ1n) is 8.16. The van der Waals surface area contributed by atoms with E-state index in [2.05, 4.69) is 0 Å². The third-order valence-electron chi connectivity index (χ3n) is 4.37. The van der Waals surface area contributed by atoms with Gasteiger partial charge in [0, 0.05) is 12.6 Å². The fourth-order valence-corrected chi connectivity index (χ4v) is 3.10. The average molecular weight is 369 g/mol. The fourth-order valence-electron chi connectivity index (χ4n) is 3.10. The van der Waals surface area contributed by atoms with Gasteiger partial charge in [-0.25, -0.2) is 0 Å². The van der Waals surface area contributed by atoms with Crippen molar-refractivity contribution < 1.29 is 28.6 Å². The van der Waals surface area contributed by atoms with Crippen molar-refractivity contribution >= 4 is 17.8 Å². The Kier molecular flexibility index (Phi) is 5.03. The Labute approximate surface area is 156 Å². The van der Waals surface area contributed by atoms with Crippen LogP contribution in [0.15, 0.2) is 58.4 Å². The van der Waals surface area contributed by atoms with Crippen molar-refractivity contribution in [3.63, 3.8) is 0 Å². The number of furan rings is 1. The second-order valence-electron chi connectivity index (χ2n) is 5.88. The lowest BCUT2D eigenvalue weighted by Gasteiger charge is -2.24. The van der Waals surface area contributed by atoms with Crippen LogP contribution >= 0.6 is 0 Å². The molecule has 0 spiro atoms. The summed E-state index contributed by atoms with van der Waals surface area (Å²) in [7, 11) is 4.48. The minimum absolute atomic E-state index is 0.0307. The number of likely N-dealkylation sites (N-methyl/N-ethyl adjacent to an activating group) is 1. The summed E-state index contributed by atoms with van der Waals surface area (Å²) in [6.45, 7) is 0. The summed E-state index contributed by atoms with van der Waals surface area (Å²) in [5.41, 5.74) is 0.503. The molecule has 1 aromatic heterocycles. The van der Waals surface area contributed by atoms with Crippen molar-refractivity contribution in [3.05, 3.63) is 65.3 Å². The van der Waals surface area contributed by atoms with Crippen LogP contribution in [0.1, 0.15) is 17.4 Å². The zero-order valence-corrected chi connectivity index (χ0v) is 15.1. The summed E-state index contributed by atoms with van der Waals surface area (Å²) in [6, 6.07) is 7.73. The number of amides is 1. The van der Waals surface area contributed by atoms with Gasteiger partial charge in [-0.3, -0.25) is 9.59 Å². The van der Waals surface area contributed by atoms with Crippen molar-refractivity contribution in [2.45, 2.75) is 6.04 Å². The maximum Gasteiger partial charge on any atom is 0.289 e. The minimum atomic E-state index is -0.809. The Morgan fingerprint density at radius 1 is 1.22 bits per heavy atom. The van der Waals surface area contributed by atoms with Crippen LogP contribution in [0.3, 0.4) is 0 Å². The van der Waals surface area contributed by atoms with E-state index in [9.17, 15) is 14.7 Å². The van der Waals surface area contributed by atoms with E-state index in [4.69, 9.17) is 13.9 Å². The van der Waals surface area contributed by atoms with Gasteiger partial charge < -0.3 is 23.9 Å². The molecule has 0 bridgehead atoms. The van der Waals surface area contributed by atoms with E-state index in [1.807, 2.05) is 0 Å². The minimum Gasteiger partial charge on any atom is -0.503 e. The van der Waals surface area contributed by atoms with Crippen LogP contribution in [0.4, 0.5) is 0 Å². The Bertz CT molecular complexity index is 926. The van der Waals surface area contributed by atoms with Gasteiger partial charge in [-0.05, 0) is 30.4 Å². The number of para-hydroxylation sites is 1. The van der Waals surface area contributed by atoms with E-state index in [1.54, 1.807) is 30.3 Å². The van der Waals surface area contributed by atoms with Gasteiger partial charge >= 0.3 is 0 Å². The lowest BCUT2D eigenvalue weighted by atomic mass is 9.95. The van der Waals surface area contributed by atoms with Crippen LogP contribution in [0, 0.1) is 0 Å². The molecular weight excluding hydrogens is 350 g/mol. The molecule has 0 saturated carbocycles. The maximum atomic E-state index is 12.8. The number of hydrogen-bond acceptors (Lipinski definition) is 6. The van der Waals surface area contributed by atoms with Crippen molar-refractivity contribution in [1.82, 2.24) is 4.90 Å². The Hall–Kier alpha value is -3.48. The molecule has 3 rings (SSSR count). The second kappa shape index (κ2) is 7.41. The normalized spacial score (nSPS) is 17.1. The number of allylic oxidation sites excluding steroid dienone is 1. The molecule has 1 atom stereocenters. The summed E-state index contributed by atoms with van der Waals surface area (Å²) < 4.78 is 15.9. The molecule has 7 nitrogen and oxygen atoms in total. The van der Waals surface area contributed by atoms with Gasteiger partial charge in [0.2, 0.25) is 0 Å². The van der Waals surface area contributed by atoms with E-state index in [1.165, 1.54) is 44.6 Å². The number of ether oxygens (including phenoxy) is 2. The third kappa shape index (κ3) is 3.19. The van der Waals surface area contributed by atoms with Gasteiger partial charge in [0.25, 0.3) is 5.91 Å². The van der Waals surface area contributed by atoms with Crippen LogP contribution in [-0.4, -0.2) is 43.0 Å². The number of methoxy groups -OCH3 is 2. The van der Waals surface area contributed by atoms with Gasteiger partial charge in [0.1, 0.15) is 5.76 Å². The second-order valence-corrected chi connectivity index (χ2v) is 5.88. The van der Waals surface area contributed by atoms with Gasteiger partial charge in [-0.1, -0.05) is 12.1 Å². The highest BCUT2D eigenvalue weighted by Crippen LogP contribution is 2.43. The van der Waals surface area contributed by atoms with E-state index in [0.29, 0.717) is 22.8 Å². The average Bonchev–Trinajstić information content (AvgIpc) is 3.28. The first-order chi connectivity index (χ1) is 13.0. The standard InChI is InChI=1S/C20H19NO6/c1-21-17(13-7-4-8-15(25-2)19(13)26-3)16(18(23)20(21)24)14(22)10-9-12-6-5-11-27-12/h4-11,17,23H,1-3H3/b10-9+. The van der Waals surface area contributed by atoms with Gasteiger partial charge in [-0.15, -0.1) is 0 Å². The Morgan fingerprint density at radius 3 is 2.63 bits per heavy atom. The van der Waals surface area contributed by atoms with Crippen molar-refractivity contribution in [3.8, 4) is 11.5 Å². The van der Waals surface area contributed by atoms with Crippen molar-refractivity contribution in [2.75, 3.05) is 21.3 Å². The van der Waals surface area contributed by atoms with Crippen LogP contribution in [0.2, 0.25) is 0 Å². The largest absolute Gasteiger partial charge is 0.503 e. The molecule has 1 aliphatic rings. The predicted molar refractivity (Wildman–Crippen MR) is 97.5 cm³/mol. The highest BCUT2D eigenvalue weighted by Gasteiger charge is 2.42. The third-order valence-corrected chi connectivity index (χ3v) is 4.37. The van der Waals surface area contributed by atoms with Crippen LogP contribution in [0.25, 0.3) is 6.08 Å². The van der Waals surface area contributed by atoms with Crippen molar-refractivity contribution in [2.24, 2.45) is 0 Å². The Morgan fingerprint density at radius 2 is 2.00 bits per heavy atom. The number of ketones is 1. The summed E-state index contributed by atoms with van der Waals surface area (Å²) in [6.07, 6.45) is 4.22. The quantitative estimate of drug-likeness (QED) is 0.788. The monoisotopic (exact) mass is 369 g/mol. The van der Waals surface area contributed by atoms with E-state index < -0.39 is 23.5 Å². The molecule has 1 aliphatic heterocycles. The Balaban J connectivity index is 2.06. The van der Waals surface area contributed by atoms with Crippen LogP contribution < -0.4 is 9.47 Å². The summed E-state index contributed by atoms with van der Waals surface area (Å²) in [4.78, 5) is 26.4. The number of nitrogens with zero attached hydrogens (tertiary/aromatic N) is 1. The topological polar surface area (TPSA) is 89.2 Å². The van der Waals surface area contributed by atoms with Crippen LogP contribution in [-0.2, 0) is 9.59 Å². The first kappa shape index (κ1) is 18.3. The van der Waals surface area contributed by atoms with Crippen LogP contribution in [0.5, 0.6) is 11.5 Å². The van der Waals surface area contributed by atoms with E-state index in [0.717, 1.165) is 0 Å². The first-order valence-corrected chi connectivity index (χ1v) is 8.16. The zero-order valence-electron chi connectivity index (χ0n) is 15.1. The molecule has 0 saturated heterocycles. The number of aliphatic hydroxyl groups excluding tert-OH is 1. The lowest BCUT2D eigenvalue weighted by Crippen LogP contribution is -2.27. The number of hydrogen-bond donors (Lipinski definition) is 1. The highest BCUT2D eigenvalue weighted by molar-refractivity contribution is 6.14. The smallest absolute Gasteiger partial charge is 0.289 e. The fraction of sp³-hybridized carbons (Fsp3) is 0.200. The molecule has 0 radical (unpaired) electrons. The number of carbonyl (C=O) groups is 2. The molecule has 0 aliphatic carbocycles. The molecular formula is C20H19NO6. The SMILES string of the molecule is COc1cccc(C2C(C(=O)/C=C/c3ccco3)=C(O)C(=O)N2C)c1OC. The predicted octanol–water partition coefficient (Wildman–Crippen LogP) is 2.90. The molecule has 27 heavy (non-hydrogen) atoms. The molecule has 1 unspecified atom stereocenters. The highest BCUT2D eigenvalue weighted by atomic mass is 16.5. The lowest BCUT2D eigenvalue weighted by molar-refractivity contribution is -0.128. The number of benzene rings is 1. The summed E-state index contributed by atoms with van der Waals surface area (Å²) >= 11 is 0. The molecule has 2 aromatic rings. The zero-order chi connectivity index (χ0) is 19.6. The van der Waals surface area contributed by atoms with Gasteiger partial charge in [0.15, 0.2) is 23.0 Å². The summed E-state index contributed by atoms with van der Waals surface area (Å²) in [5, 5.41) is 10.3. The molecule has 1 aromatic carbocycles. The van der Waals surface area contributed by atoms with E-state index in [-0.39, 0.29) is 5.57 Å². The molecule has 1 amide bonds. The van der Waals surface area contributed by atoms with Crippen molar-refractivity contribution in [1.29, 1.82) is 0 Å².